The molecule has 0 aromatic heterocycles. The highest BCUT2D eigenvalue weighted by Crippen LogP contribution is 2.44. The fourth-order valence-electron chi connectivity index (χ4n) is 6.72. The Morgan fingerprint density at radius 2 is 0.974 bits per heavy atom. The van der Waals surface area contributed by atoms with E-state index in [1.807, 2.05) is 0 Å². The molecule has 2 N–H and O–H groups in total. The zero-order chi connectivity index (χ0) is 27.5. The molecular weight excluding hydrogens is 460 g/mol. The molecule has 1 aliphatic rings. The van der Waals surface area contributed by atoms with E-state index in [1.165, 1.54) is 154 Å². The van der Waals surface area contributed by atoms with E-state index in [0.717, 1.165) is 23.7 Å². The summed E-state index contributed by atoms with van der Waals surface area (Å²) in [7, 11) is 4.15. The highest BCUT2D eigenvalue weighted by atomic mass is 14.8. The minimum Gasteiger partial charge on any atom is -0.320 e. The van der Waals surface area contributed by atoms with Crippen molar-refractivity contribution < 1.29 is 0 Å². The van der Waals surface area contributed by atoms with Crippen LogP contribution in [0.15, 0.2) is 24.3 Å². The predicted octanol–water partition coefficient (Wildman–Crippen LogP) is 10.6. The molecule has 0 aromatic rings. The third-order valence-electron chi connectivity index (χ3n) is 9.12. The van der Waals surface area contributed by atoms with Crippen molar-refractivity contribution in [3.8, 4) is 0 Å². The summed E-state index contributed by atoms with van der Waals surface area (Å²) < 4.78 is 0. The van der Waals surface area contributed by atoms with E-state index in [2.05, 4.69) is 62.9 Å². The van der Waals surface area contributed by atoms with Gasteiger partial charge in [0, 0.05) is 0 Å². The summed E-state index contributed by atoms with van der Waals surface area (Å²) in [4.78, 5) is 0. The molecule has 38 heavy (non-hydrogen) atoms. The van der Waals surface area contributed by atoms with Crippen molar-refractivity contribution in [2.45, 2.75) is 155 Å². The molecule has 0 saturated carbocycles. The Bertz CT molecular complexity index is 539. The summed E-state index contributed by atoms with van der Waals surface area (Å²) in [5.74, 6) is 3.40. The molecular formula is C36H70N2. The first-order chi connectivity index (χ1) is 18.8. The molecule has 0 bridgehead atoms. The van der Waals surface area contributed by atoms with Crippen molar-refractivity contribution in [3.63, 3.8) is 0 Å². The lowest BCUT2D eigenvalue weighted by molar-refractivity contribution is 0.159. The van der Waals surface area contributed by atoms with Crippen molar-refractivity contribution in [1.29, 1.82) is 0 Å². The number of hydrogen-bond acceptors (Lipinski definition) is 2. The van der Waals surface area contributed by atoms with E-state index in [0.29, 0.717) is 0 Å². The Kier molecular flexibility index (Phi) is 24.8. The maximum atomic E-state index is 3.31. The average Bonchev–Trinajstić information content (AvgIpc) is 2.93. The Morgan fingerprint density at radius 1 is 0.500 bits per heavy atom. The first kappa shape index (κ1) is 35.4. The van der Waals surface area contributed by atoms with E-state index >= 15 is 0 Å². The smallest absolute Gasteiger partial charge is 0.00519 e. The van der Waals surface area contributed by atoms with Crippen molar-refractivity contribution in [2.24, 2.45) is 23.7 Å². The van der Waals surface area contributed by atoms with Crippen LogP contribution < -0.4 is 10.6 Å². The van der Waals surface area contributed by atoms with Gasteiger partial charge in [-0.15, -0.1) is 0 Å². The Labute approximate surface area is 240 Å². The standard InChI is InChI=1S/C36H70N2/c1-5-7-9-11-15-21-27-35-33(25-19-10-8-6-2)29-30-34(26-20-14-12-17-23-31-37-3)36(35)28-22-16-13-18-24-32-38-4/h15,21,29-30,33-38H,5-14,16-20,22-28,31-32H2,1-4H3/b21-15+. The van der Waals surface area contributed by atoms with Gasteiger partial charge in [-0.2, -0.15) is 0 Å². The summed E-state index contributed by atoms with van der Waals surface area (Å²) >= 11 is 0. The van der Waals surface area contributed by atoms with Crippen LogP contribution in [-0.2, 0) is 0 Å². The van der Waals surface area contributed by atoms with Crippen LogP contribution in [0.2, 0.25) is 0 Å². The predicted molar refractivity (Wildman–Crippen MR) is 173 cm³/mol. The van der Waals surface area contributed by atoms with Gasteiger partial charge in [-0.3, -0.25) is 0 Å². The third-order valence-corrected chi connectivity index (χ3v) is 9.12. The Morgan fingerprint density at radius 3 is 1.55 bits per heavy atom. The molecule has 0 fully saturated rings. The number of nitrogens with one attached hydrogen (secondary N) is 2. The minimum absolute atomic E-state index is 0.811. The van der Waals surface area contributed by atoms with Gasteiger partial charge in [0.15, 0.2) is 0 Å². The van der Waals surface area contributed by atoms with Gasteiger partial charge in [0.25, 0.3) is 0 Å². The van der Waals surface area contributed by atoms with Gasteiger partial charge in [0.2, 0.25) is 0 Å². The molecule has 1 aliphatic carbocycles. The van der Waals surface area contributed by atoms with Gasteiger partial charge in [0.1, 0.15) is 0 Å². The van der Waals surface area contributed by atoms with Crippen LogP contribution in [-0.4, -0.2) is 27.2 Å². The normalized spacial score (nSPS) is 21.6. The average molecular weight is 531 g/mol. The number of hydrogen-bond donors (Lipinski definition) is 2. The van der Waals surface area contributed by atoms with Crippen LogP contribution >= 0.6 is 0 Å². The maximum Gasteiger partial charge on any atom is -0.00519 e. The van der Waals surface area contributed by atoms with Crippen LogP contribution in [0.5, 0.6) is 0 Å². The molecule has 4 atom stereocenters. The number of unbranched alkanes of at least 4 members (excludes halogenated alkanes) is 14. The van der Waals surface area contributed by atoms with Gasteiger partial charge in [0.05, 0.1) is 0 Å². The van der Waals surface area contributed by atoms with Crippen molar-refractivity contribution >= 4 is 0 Å². The second-order valence-electron chi connectivity index (χ2n) is 12.4. The second-order valence-corrected chi connectivity index (χ2v) is 12.4. The molecule has 0 amide bonds. The molecule has 0 spiro atoms. The molecule has 1 rings (SSSR count). The van der Waals surface area contributed by atoms with Gasteiger partial charge >= 0.3 is 0 Å². The summed E-state index contributed by atoms with van der Waals surface area (Å²) in [6, 6.07) is 0. The van der Waals surface area contributed by atoms with E-state index in [1.54, 1.807) is 0 Å². The van der Waals surface area contributed by atoms with Gasteiger partial charge in [-0.1, -0.05) is 128 Å². The lowest BCUT2D eigenvalue weighted by Gasteiger charge is -2.40. The zero-order valence-electron chi connectivity index (χ0n) is 26.6. The number of rotatable bonds is 27. The van der Waals surface area contributed by atoms with Gasteiger partial charge in [-0.05, 0) is 102 Å². The van der Waals surface area contributed by atoms with Crippen molar-refractivity contribution in [1.82, 2.24) is 10.6 Å². The van der Waals surface area contributed by atoms with E-state index in [-0.39, 0.29) is 0 Å². The lowest BCUT2D eigenvalue weighted by atomic mass is 9.65. The first-order valence-corrected chi connectivity index (χ1v) is 17.4. The molecule has 0 saturated heterocycles. The molecule has 4 unspecified atom stereocenters. The molecule has 0 radical (unpaired) electrons. The summed E-state index contributed by atoms with van der Waals surface area (Å²) in [5.41, 5.74) is 0. The van der Waals surface area contributed by atoms with Crippen LogP contribution in [0.25, 0.3) is 0 Å². The van der Waals surface area contributed by atoms with Crippen molar-refractivity contribution in [2.75, 3.05) is 27.2 Å². The largest absolute Gasteiger partial charge is 0.320 e. The zero-order valence-corrected chi connectivity index (χ0v) is 26.6. The van der Waals surface area contributed by atoms with Gasteiger partial charge in [-0.25, -0.2) is 0 Å². The maximum absolute atomic E-state index is 3.31. The highest BCUT2D eigenvalue weighted by molar-refractivity contribution is 5.06. The van der Waals surface area contributed by atoms with Crippen LogP contribution in [0.3, 0.4) is 0 Å². The Hall–Kier alpha value is -0.600. The molecule has 2 nitrogen and oxygen atoms in total. The van der Waals surface area contributed by atoms with E-state index in [4.69, 9.17) is 0 Å². The fourth-order valence-corrected chi connectivity index (χ4v) is 6.72. The van der Waals surface area contributed by atoms with Crippen molar-refractivity contribution in [3.05, 3.63) is 24.3 Å². The Balaban J connectivity index is 2.77. The quantitative estimate of drug-likeness (QED) is 0.0815. The topological polar surface area (TPSA) is 24.1 Å². The minimum atomic E-state index is 0.811. The monoisotopic (exact) mass is 531 g/mol. The van der Waals surface area contributed by atoms with Gasteiger partial charge < -0.3 is 10.6 Å². The summed E-state index contributed by atoms with van der Waals surface area (Å²) in [6.45, 7) is 7.01. The number of allylic oxidation sites excluding steroid dienone is 4. The SMILES string of the molecule is CCCCC/C=C/CC1C(CCCCCC)C=CC(CCCCCCCNC)C1CCCCCCCNC. The highest BCUT2D eigenvalue weighted by Gasteiger charge is 2.34. The summed E-state index contributed by atoms with van der Waals surface area (Å²) in [6.07, 6.45) is 41.2. The van der Waals surface area contributed by atoms with Crippen LogP contribution in [0.4, 0.5) is 0 Å². The molecule has 0 aromatic carbocycles. The summed E-state index contributed by atoms with van der Waals surface area (Å²) in [5, 5.41) is 6.61. The fraction of sp³-hybridized carbons (Fsp3) is 0.889. The van der Waals surface area contributed by atoms with Crippen LogP contribution in [0, 0.1) is 23.7 Å². The first-order valence-electron chi connectivity index (χ1n) is 17.4. The van der Waals surface area contributed by atoms with E-state index in [9.17, 15) is 0 Å². The molecule has 0 heterocycles. The third kappa shape index (κ3) is 17.9. The molecule has 0 aliphatic heterocycles. The molecule has 2 heteroatoms. The molecule has 224 valence electrons. The van der Waals surface area contributed by atoms with Crippen LogP contribution in [0.1, 0.15) is 155 Å². The van der Waals surface area contributed by atoms with E-state index < -0.39 is 0 Å². The lowest BCUT2D eigenvalue weighted by Crippen LogP contribution is -2.31. The second kappa shape index (κ2) is 26.6.